The number of nitrogens with two attached hydrogens (primary N) is 1. The van der Waals surface area contributed by atoms with Crippen LogP contribution in [0.25, 0.3) is 11.3 Å². The lowest BCUT2D eigenvalue weighted by Crippen LogP contribution is -2.50. The van der Waals surface area contributed by atoms with E-state index in [-0.39, 0.29) is 17.2 Å². The number of anilines is 1. The highest BCUT2D eigenvalue weighted by molar-refractivity contribution is 5.69. The average Bonchev–Trinajstić information content (AvgIpc) is 2.60. The van der Waals surface area contributed by atoms with Crippen molar-refractivity contribution in [3.8, 4) is 17.0 Å². The SMILES string of the molecule is Cc1nc(NCC2(N)CCOCC2)nnc1-c1ccc(C(F)(F)F)cc1O. The van der Waals surface area contributed by atoms with Crippen molar-refractivity contribution in [3.05, 3.63) is 29.5 Å². The van der Waals surface area contributed by atoms with Crippen molar-refractivity contribution in [2.75, 3.05) is 25.1 Å². The lowest BCUT2D eigenvalue weighted by Gasteiger charge is -2.33. The van der Waals surface area contributed by atoms with Gasteiger partial charge in [-0.25, -0.2) is 4.98 Å². The molecule has 1 fully saturated rings. The van der Waals surface area contributed by atoms with Gasteiger partial charge in [0.1, 0.15) is 11.4 Å². The molecule has 4 N–H and O–H groups in total. The van der Waals surface area contributed by atoms with Crippen LogP contribution in [0.2, 0.25) is 0 Å². The van der Waals surface area contributed by atoms with Crippen LogP contribution in [0.3, 0.4) is 0 Å². The molecule has 0 bridgehead atoms. The van der Waals surface area contributed by atoms with E-state index in [2.05, 4.69) is 20.5 Å². The van der Waals surface area contributed by atoms with E-state index in [1.807, 2.05) is 0 Å². The number of alkyl halides is 3. The van der Waals surface area contributed by atoms with Gasteiger partial charge < -0.3 is 20.9 Å². The molecule has 0 saturated carbocycles. The normalized spacial score (nSPS) is 16.9. The number of halogens is 3. The Bertz CT molecular complexity index is 823. The van der Waals surface area contributed by atoms with Gasteiger partial charge in [0.15, 0.2) is 0 Å². The Hall–Kier alpha value is -2.46. The standard InChI is InChI=1S/C17H20F3N5O2/c1-10-14(12-3-2-11(8-13(12)26)17(18,19)20)24-25-15(23-10)22-9-16(21)4-6-27-7-5-16/h2-3,8,26H,4-7,9,21H2,1H3,(H,22,23,25). The van der Waals surface area contributed by atoms with E-state index in [0.29, 0.717) is 44.4 Å². The maximum atomic E-state index is 12.7. The fraction of sp³-hybridized carbons (Fsp3) is 0.471. The van der Waals surface area contributed by atoms with Gasteiger partial charge in [0.2, 0.25) is 5.95 Å². The summed E-state index contributed by atoms with van der Waals surface area (Å²) in [5, 5.41) is 21.0. The minimum absolute atomic E-state index is 0.131. The first-order chi connectivity index (χ1) is 12.7. The molecule has 27 heavy (non-hydrogen) atoms. The summed E-state index contributed by atoms with van der Waals surface area (Å²) < 4.78 is 43.5. The first-order valence-corrected chi connectivity index (χ1v) is 8.40. The third-order valence-electron chi connectivity index (χ3n) is 4.53. The third-order valence-corrected chi connectivity index (χ3v) is 4.53. The summed E-state index contributed by atoms with van der Waals surface area (Å²) in [4.78, 5) is 4.27. The summed E-state index contributed by atoms with van der Waals surface area (Å²) in [7, 11) is 0. The molecule has 0 aliphatic carbocycles. The van der Waals surface area contributed by atoms with Crippen molar-refractivity contribution >= 4 is 5.95 Å². The summed E-state index contributed by atoms with van der Waals surface area (Å²) >= 11 is 0. The Morgan fingerprint density at radius 2 is 1.96 bits per heavy atom. The van der Waals surface area contributed by atoms with E-state index in [1.54, 1.807) is 6.92 Å². The monoisotopic (exact) mass is 383 g/mol. The second kappa shape index (κ2) is 7.28. The highest BCUT2D eigenvalue weighted by Crippen LogP contribution is 2.36. The molecule has 7 nitrogen and oxygen atoms in total. The lowest BCUT2D eigenvalue weighted by atomic mass is 9.91. The molecule has 2 heterocycles. The van der Waals surface area contributed by atoms with Crippen molar-refractivity contribution in [2.24, 2.45) is 5.73 Å². The van der Waals surface area contributed by atoms with Gasteiger partial charge in [-0.05, 0) is 38.0 Å². The van der Waals surface area contributed by atoms with Crippen LogP contribution in [-0.2, 0) is 10.9 Å². The Morgan fingerprint density at radius 1 is 1.26 bits per heavy atom. The minimum atomic E-state index is -4.54. The fourth-order valence-corrected chi connectivity index (χ4v) is 2.85. The zero-order chi connectivity index (χ0) is 19.7. The molecule has 146 valence electrons. The van der Waals surface area contributed by atoms with Gasteiger partial charge >= 0.3 is 6.18 Å². The summed E-state index contributed by atoms with van der Waals surface area (Å²) in [5.41, 5.74) is 5.69. The predicted octanol–water partition coefficient (Wildman–Crippen LogP) is 2.49. The molecule has 0 amide bonds. The first kappa shape index (κ1) is 19.3. The molecule has 1 aliphatic rings. The summed E-state index contributed by atoms with van der Waals surface area (Å²) in [6, 6.07) is 2.69. The van der Waals surface area contributed by atoms with Crippen LogP contribution < -0.4 is 11.1 Å². The second-order valence-corrected chi connectivity index (χ2v) is 6.63. The van der Waals surface area contributed by atoms with Crippen LogP contribution in [0.5, 0.6) is 5.75 Å². The average molecular weight is 383 g/mol. The number of benzene rings is 1. The van der Waals surface area contributed by atoms with Gasteiger partial charge in [-0.1, -0.05) is 0 Å². The molecule has 10 heteroatoms. The van der Waals surface area contributed by atoms with Gasteiger partial charge in [-0.3, -0.25) is 0 Å². The number of aryl methyl sites for hydroxylation is 1. The van der Waals surface area contributed by atoms with Gasteiger partial charge in [-0.15, -0.1) is 10.2 Å². The molecule has 0 radical (unpaired) electrons. The highest BCUT2D eigenvalue weighted by Gasteiger charge is 2.31. The molecule has 2 aromatic rings. The molecule has 0 unspecified atom stereocenters. The number of hydrogen-bond donors (Lipinski definition) is 3. The highest BCUT2D eigenvalue weighted by atomic mass is 19.4. The summed E-state index contributed by atoms with van der Waals surface area (Å²) in [5.74, 6) is -0.271. The Balaban J connectivity index is 1.77. The Kier molecular flexibility index (Phi) is 5.20. The van der Waals surface area contributed by atoms with Crippen LogP contribution in [-0.4, -0.2) is 45.6 Å². The molecule has 1 saturated heterocycles. The number of nitrogens with zero attached hydrogens (tertiary/aromatic N) is 3. The van der Waals surface area contributed by atoms with Crippen LogP contribution in [0.15, 0.2) is 18.2 Å². The molecule has 1 aliphatic heterocycles. The zero-order valence-electron chi connectivity index (χ0n) is 14.7. The Labute approximate surface area is 153 Å². The number of aromatic hydroxyl groups is 1. The van der Waals surface area contributed by atoms with Crippen LogP contribution in [0.4, 0.5) is 19.1 Å². The van der Waals surface area contributed by atoms with Crippen LogP contribution in [0, 0.1) is 6.92 Å². The Morgan fingerprint density at radius 3 is 2.56 bits per heavy atom. The first-order valence-electron chi connectivity index (χ1n) is 8.40. The van der Waals surface area contributed by atoms with Crippen LogP contribution in [0.1, 0.15) is 24.1 Å². The minimum Gasteiger partial charge on any atom is -0.507 e. The van der Waals surface area contributed by atoms with E-state index >= 15 is 0 Å². The molecule has 1 aromatic carbocycles. The molecule has 1 aromatic heterocycles. The van der Waals surface area contributed by atoms with Crippen molar-refractivity contribution in [3.63, 3.8) is 0 Å². The van der Waals surface area contributed by atoms with Crippen molar-refractivity contribution in [1.29, 1.82) is 0 Å². The topological polar surface area (TPSA) is 106 Å². The predicted molar refractivity (Wildman–Crippen MR) is 92.1 cm³/mol. The summed E-state index contributed by atoms with van der Waals surface area (Å²) in [6.07, 6.45) is -3.11. The van der Waals surface area contributed by atoms with E-state index < -0.39 is 23.0 Å². The van der Waals surface area contributed by atoms with Crippen molar-refractivity contribution in [2.45, 2.75) is 31.5 Å². The van der Waals surface area contributed by atoms with Gasteiger partial charge in [0, 0.05) is 30.9 Å². The van der Waals surface area contributed by atoms with Crippen molar-refractivity contribution in [1.82, 2.24) is 15.2 Å². The van der Waals surface area contributed by atoms with Crippen LogP contribution >= 0.6 is 0 Å². The maximum Gasteiger partial charge on any atom is 0.416 e. The number of phenols is 1. The number of phenolic OH excluding ortho intramolecular Hbond substituents is 1. The molecule has 0 spiro atoms. The van der Waals surface area contributed by atoms with E-state index in [9.17, 15) is 18.3 Å². The van der Waals surface area contributed by atoms with E-state index in [0.717, 1.165) is 12.1 Å². The smallest absolute Gasteiger partial charge is 0.416 e. The van der Waals surface area contributed by atoms with Gasteiger partial charge in [-0.2, -0.15) is 13.2 Å². The third kappa shape index (κ3) is 4.45. The number of hydrogen-bond acceptors (Lipinski definition) is 7. The van der Waals surface area contributed by atoms with E-state index in [4.69, 9.17) is 10.5 Å². The quantitative estimate of drug-likeness (QED) is 0.745. The lowest BCUT2D eigenvalue weighted by molar-refractivity contribution is -0.137. The number of ether oxygens (including phenoxy) is 1. The largest absolute Gasteiger partial charge is 0.507 e. The summed E-state index contributed by atoms with van der Waals surface area (Å²) in [6.45, 7) is 3.28. The number of rotatable bonds is 4. The van der Waals surface area contributed by atoms with Gasteiger partial charge in [0.25, 0.3) is 0 Å². The van der Waals surface area contributed by atoms with Crippen molar-refractivity contribution < 1.29 is 23.0 Å². The van der Waals surface area contributed by atoms with E-state index in [1.165, 1.54) is 0 Å². The van der Waals surface area contributed by atoms with Gasteiger partial charge in [0.05, 0.1) is 11.3 Å². The fourth-order valence-electron chi connectivity index (χ4n) is 2.85. The number of aromatic nitrogens is 3. The second-order valence-electron chi connectivity index (χ2n) is 6.63. The molecule has 0 atom stereocenters. The zero-order valence-corrected chi connectivity index (χ0v) is 14.7. The maximum absolute atomic E-state index is 12.7. The molecule has 3 rings (SSSR count). The number of nitrogens with one attached hydrogen (secondary N) is 1. The molecular weight excluding hydrogens is 363 g/mol. The molecular formula is C17H20F3N5O2.